The maximum atomic E-state index is 12.8. The number of amides is 1. The van der Waals surface area contributed by atoms with Gasteiger partial charge >= 0.3 is 0 Å². The Labute approximate surface area is 145 Å². The van der Waals surface area contributed by atoms with Crippen LogP contribution in [0.2, 0.25) is 0 Å². The summed E-state index contributed by atoms with van der Waals surface area (Å²) in [6.45, 7) is 0.428. The van der Waals surface area contributed by atoms with Crippen molar-refractivity contribution in [2.75, 3.05) is 0 Å². The van der Waals surface area contributed by atoms with Crippen molar-refractivity contribution >= 4 is 5.91 Å². The molecule has 0 radical (unpaired) electrons. The summed E-state index contributed by atoms with van der Waals surface area (Å²) in [4.78, 5) is 20.6. The number of halogens is 1. The molecule has 2 heterocycles. The van der Waals surface area contributed by atoms with Gasteiger partial charge in [-0.25, -0.2) is 4.39 Å². The number of carbonyl (C=O) groups excluding carboxylic acids is 1. The van der Waals surface area contributed by atoms with Crippen molar-refractivity contribution in [3.05, 3.63) is 83.9 Å². The number of carbonyl (C=O) groups is 1. The Balaban J connectivity index is 1.48. The van der Waals surface area contributed by atoms with E-state index in [2.05, 4.69) is 15.3 Å². The maximum absolute atomic E-state index is 12.8. The molecule has 4 nitrogen and oxygen atoms in total. The molecule has 0 unspecified atom stereocenters. The number of nitrogens with one attached hydrogen (secondary N) is 1. The number of rotatable bonds is 6. The summed E-state index contributed by atoms with van der Waals surface area (Å²) in [7, 11) is 0. The molecular formula is C20H18FN3O. The first-order valence-electron chi connectivity index (χ1n) is 8.08. The average molecular weight is 335 g/mol. The Morgan fingerprint density at radius 1 is 0.920 bits per heavy atom. The van der Waals surface area contributed by atoms with Gasteiger partial charge in [-0.15, -0.1) is 0 Å². The monoisotopic (exact) mass is 335 g/mol. The Bertz CT molecular complexity index is 818. The van der Waals surface area contributed by atoms with Crippen molar-refractivity contribution in [2.24, 2.45) is 0 Å². The SMILES string of the molecule is O=C(CCc1ccc(F)cc1)NCc1ccc(-c2ccccn2)nc1. The van der Waals surface area contributed by atoms with E-state index in [1.165, 1.54) is 12.1 Å². The van der Waals surface area contributed by atoms with E-state index >= 15 is 0 Å². The summed E-state index contributed by atoms with van der Waals surface area (Å²) in [5.74, 6) is -0.312. The van der Waals surface area contributed by atoms with Crippen molar-refractivity contribution in [2.45, 2.75) is 19.4 Å². The van der Waals surface area contributed by atoms with E-state index in [1.54, 1.807) is 24.5 Å². The van der Waals surface area contributed by atoms with Crippen molar-refractivity contribution < 1.29 is 9.18 Å². The number of aromatic nitrogens is 2. The van der Waals surface area contributed by atoms with Gasteiger partial charge in [0, 0.05) is 25.4 Å². The standard InChI is InChI=1S/C20H18FN3O/c21-17-8-4-15(5-9-17)7-11-20(25)24-14-16-6-10-19(23-13-16)18-3-1-2-12-22-18/h1-6,8-10,12-13H,7,11,14H2,(H,24,25). The maximum Gasteiger partial charge on any atom is 0.220 e. The van der Waals surface area contributed by atoms with Crippen molar-refractivity contribution in [3.63, 3.8) is 0 Å². The lowest BCUT2D eigenvalue weighted by atomic mass is 10.1. The van der Waals surface area contributed by atoms with Crippen LogP contribution in [-0.2, 0) is 17.8 Å². The fraction of sp³-hybridized carbons (Fsp3) is 0.150. The minimum atomic E-state index is -0.269. The molecule has 1 aromatic carbocycles. The van der Waals surface area contributed by atoms with Crippen LogP contribution in [0.25, 0.3) is 11.4 Å². The molecule has 0 atom stereocenters. The van der Waals surface area contributed by atoms with Gasteiger partial charge in [-0.2, -0.15) is 0 Å². The summed E-state index contributed by atoms with van der Waals surface area (Å²) >= 11 is 0. The molecule has 0 fully saturated rings. The molecule has 2 aromatic heterocycles. The van der Waals surface area contributed by atoms with Crippen LogP contribution in [0.15, 0.2) is 67.0 Å². The Morgan fingerprint density at radius 3 is 2.36 bits per heavy atom. The predicted molar refractivity (Wildman–Crippen MR) is 94.0 cm³/mol. The molecule has 0 saturated carbocycles. The molecule has 25 heavy (non-hydrogen) atoms. The first-order chi connectivity index (χ1) is 12.2. The topological polar surface area (TPSA) is 54.9 Å². The lowest BCUT2D eigenvalue weighted by Crippen LogP contribution is -2.23. The number of pyridine rings is 2. The van der Waals surface area contributed by atoms with E-state index in [0.717, 1.165) is 22.5 Å². The molecule has 3 rings (SSSR count). The molecule has 1 N–H and O–H groups in total. The highest BCUT2D eigenvalue weighted by Crippen LogP contribution is 2.13. The van der Waals surface area contributed by atoms with Crippen molar-refractivity contribution in [1.29, 1.82) is 0 Å². The molecule has 0 aliphatic heterocycles. The van der Waals surface area contributed by atoms with E-state index in [4.69, 9.17) is 0 Å². The lowest BCUT2D eigenvalue weighted by molar-refractivity contribution is -0.121. The highest BCUT2D eigenvalue weighted by Gasteiger charge is 2.04. The van der Waals surface area contributed by atoms with E-state index in [1.807, 2.05) is 30.3 Å². The third-order valence-corrected chi connectivity index (χ3v) is 3.80. The van der Waals surface area contributed by atoms with Crippen LogP contribution in [0.5, 0.6) is 0 Å². The van der Waals surface area contributed by atoms with Gasteiger partial charge in [-0.05, 0) is 47.9 Å². The normalized spacial score (nSPS) is 10.4. The second kappa shape index (κ2) is 8.15. The van der Waals surface area contributed by atoms with Crippen LogP contribution < -0.4 is 5.32 Å². The molecule has 0 bridgehead atoms. The van der Waals surface area contributed by atoms with Gasteiger partial charge in [0.2, 0.25) is 5.91 Å². The number of hydrogen-bond acceptors (Lipinski definition) is 3. The van der Waals surface area contributed by atoms with Gasteiger partial charge in [0.05, 0.1) is 11.4 Å². The van der Waals surface area contributed by atoms with Crippen LogP contribution in [0.3, 0.4) is 0 Å². The zero-order valence-electron chi connectivity index (χ0n) is 13.7. The van der Waals surface area contributed by atoms with Crippen LogP contribution in [0.4, 0.5) is 4.39 Å². The van der Waals surface area contributed by atoms with Gasteiger partial charge in [-0.1, -0.05) is 24.3 Å². The van der Waals surface area contributed by atoms with Gasteiger partial charge in [0.25, 0.3) is 0 Å². The molecule has 0 saturated heterocycles. The van der Waals surface area contributed by atoms with E-state index < -0.39 is 0 Å². The molecule has 0 spiro atoms. The average Bonchev–Trinajstić information content (AvgIpc) is 2.67. The fourth-order valence-corrected chi connectivity index (χ4v) is 2.39. The molecule has 126 valence electrons. The highest BCUT2D eigenvalue weighted by atomic mass is 19.1. The van der Waals surface area contributed by atoms with Crippen LogP contribution >= 0.6 is 0 Å². The van der Waals surface area contributed by atoms with E-state index in [9.17, 15) is 9.18 Å². The second-order valence-electron chi connectivity index (χ2n) is 5.67. The van der Waals surface area contributed by atoms with Crippen LogP contribution in [-0.4, -0.2) is 15.9 Å². The minimum Gasteiger partial charge on any atom is -0.352 e. The summed E-state index contributed by atoms with van der Waals surface area (Å²) < 4.78 is 12.8. The number of aryl methyl sites for hydroxylation is 1. The number of benzene rings is 1. The summed E-state index contributed by atoms with van der Waals surface area (Å²) in [5.41, 5.74) is 3.48. The zero-order chi connectivity index (χ0) is 17.5. The van der Waals surface area contributed by atoms with Crippen LogP contribution in [0, 0.1) is 5.82 Å². The smallest absolute Gasteiger partial charge is 0.220 e. The zero-order valence-corrected chi connectivity index (χ0v) is 13.7. The second-order valence-corrected chi connectivity index (χ2v) is 5.67. The quantitative estimate of drug-likeness (QED) is 0.750. The van der Waals surface area contributed by atoms with Gasteiger partial charge in [0.1, 0.15) is 5.82 Å². The van der Waals surface area contributed by atoms with Crippen LogP contribution in [0.1, 0.15) is 17.5 Å². The third kappa shape index (κ3) is 4.94. The lowest BCUT2D eigenvalue weighted by Gasteiger charge is -2.06. The van der Waals surface area contributed by atoms with Gasteiger partial charge in [0.15, 0.2) is 0 Å². The third-order valence-electron chi connectivity index (χ3n) is 3.80. The highest BCUT2D eigenvalue weighted by molar-refractivity contribution is 5.76. The molecule has 1 amide bonds. The molecule has 0 aliphatic rings. The Hall–Kier alpha value is -3.08. The van der Waals surface area contributed by atoms with E-state index in [0.29, 0.717) is 19.4 Å². The Kier molecular flexibility index (Phi) is 5.46. The predicted octanol–water partition coefficient (Wildman–Crippen LogP) is 3.53. The number of hydrogen-bond donors (Lipinski definition) is 1. The minimum absolute atomic E-state index is 0.0434. The van der Waals surface area contributed by atoms with Crippen molar-refractivity contribution in [1.82, 2.24) is 15.3 Å². The first kappa shape index (κ1) is 16.8. The summed E-state index contributed by atoms with van der Waals surface area (Å²) in [6.07, 6.45) is 4.42. The molecule has 5 heteroatoms. The molecular weight excluding hydrogens is 317 g/mol. The van der Waals surface area contributed by atoms with Gasteiger partial charge in [-0.3, -0.25) is 14.8 Å². The molecule has 0 aliphatic carbocycles. The largest absolute Gasteiger partial charge is 0.352 e. The van der Waals surface area contributed by atoms with Gasteiger partial charge < -0.3 is 5.32 Å². The fourth-order valence-electron chi connectivity index (χ4n) is 2.39. The summed E-state index contributed by atoms with van der Waals surface area (Å²) in [6, 6.07) is 15.7. The summed E-state index contributed by atoms with van der Waals surface area (Å²) in [5, 5.41) is 2.87. The number of nitrogens with zero attached hydrogens (tertiary/aromatic N) is 2. The Morgan fingerprint density at radius 2 is 1.68 bits per heavy atom. The first-order valence-corrected chi connectivity index (χ1v) is 8.08. The van der Waals surface area contributed by atoms with E-state index in [-0.39, 0.29) is 11.7 Å². The van der Waals surface area contributed by atoms with Crippen molar-refractivity contribution in [3.8, 4) is 11.4 Å². The molecule has 3 aromatic rings.